The first kappa shape index (κ1) is 19.4. The van der Waals surface area contributed by atoms with Crippen LogP contribution < -0.4 is 0 Å². The number of carbonyl (C=O) groups excluding carboxylic acids is 1. The van der Waals surface area contributed by atoms with Crippen LogP contribution in [0.5, 0.6) is 0 Å². The highest BCUT2D eigenvalue weighted by Crippen LogP contribution is 2.24. The standard InChI is InChI=1S/C20H30O3/c1-2-3-4-5-6-9-12-17-15-16-19(21)18(17)13-10-7-8-11-14-20(22)23/h9,12-13,15-17H,2-8,10-11,14H2,1H3,(H,22,23)/b12-9+,18-13-. The number of carboxylic acids is 1. The maximum Gasteiger partial charge on any atom is 0.303 e. The van der Waals surface area contributed by atoms with Crippen LogP contribution in [0.2, 0.25) is 0 Å². The molecule has 23 heavy (non-hydrogen) atoms. The lowest BCUT2D eigenvalue weighted by Gasteiger charge is -2.05. The Labute approximate surface area is 140 Å². The van der Waals surface area contributed by atoms with Crippen molar-refractivity contribution in [2.75, 3.05) is 0 Å². The molecule has 0 saturated heterocycles. The maximum atomic E-state index is 11.9. The second-order valence-electron chi connectivity index (χ2n) is 6.18. The van der Waals surface area contributed by atoms with Gasteiger partial charge in [0.25, 0.3) is 0 Å². The highest BCUT2D eigenvalue weighted by Gasteiger charge is 2.19. The number of aliphatic carboxylic acids is 1. The number of carboxylic acid groups (broad SMARTS) is 1. The van der Waals surface area contributed by atoms with Crippen LogP contribution in [0.4, 0.5) is 0 Å². The van der Waals surface area contributed by atoms with Crippen LogP contribution in [-0.4, -0.2) is 16.9 Å². The minimum atomic E-state index is -0.734. The summed E-state index contributed by atoms with van der Waals surface area (Å²) in [5, 5.41) is 8.59. The molecule has 0 aromatic heterocycles. The summed E-state index contributed by atoms with van der Waals surface area (Å²) >= 11 is 0. The van der Waals surface area contributed by atoms with Gasteiger partial charge in [-0.1, -0.05) is 56.9 Å². The van der Waals surface area contributed by atoms with Gasteiger partial charge in [0.05, 0.1) is 0 Å². The molecule has 0 heterocycles. The summed E-state index contributed by atoms with van der Waals surface area (Å²) < 4.78 is 0. The quantitative estimate of drug-likeness (QED) is 0.304. The van der Waals surface area contributed by atoms with Crippen molar-refractivity contribution in [2.24, 2.45) is 5.92 Å². The molecule has 1 rings (SSSR count). The topological polar surface area (TPSA) is 54.4 Å². The molecule has 1 atom stereocenters. The van der Waals surface area contributed by atoms with Gasteiger partial charge in [0.15, 0.2) is 5.78 Å². The summed E-state index contributed by atoms with van der Waals surface area (Å²) in [5.74, 6) is -0.480. The number of rotatable bonds is 12. The van der Waals surface area contributed by atoms with Crippen LogP contribution in [0.1, 0.15) is 71.1 Å². The van der Waals surface area contributed by atoms with E-state index >= 15 is 0 Å². The van der Waals surface area contributed by atoms with E-state index in [2.05, 4.69) is 19.1 Å². The average Bonchev–Trinajstić information content (AvgIpc) is 2.86. The van der Waals surface area contributed by atoms with Crippen LogP contribution in [0.15, 0.2) is 36.0 Å². The average molecular weight is 318 g/mol. The Hall–Kier alpha value is -1.64. The Kier molecular flexibility index (Phi) is 10.0. The van der Waals surface area contributed by atoms with Crippen molar-refractivity contribution >= 4 is 11.8 Å². The molecule has 0 radical (unpaired) electrons. The SMILES string of the molecule is CCCCCC/C=C/C1C=CC(=O)/C1=C\CCCCCC(=O)O. The fourth-order valence-electron chi connectivity index (χ4n) is 2.75. The lowest BCUT2D eigenvalue weighted by atomic mass is 9.98. The number of carbonyl (C=O) groups is 2. The predicted molar refractivity (Wildman–Crippen MR) is 94.3 cm³/mol. The molecule has 1 aliphatic carbocycles. The van der Waals surface area contributed by atoms with Crippen molar-refractivity contribution in [3.63, 3.8) is 0 Å². The molecule has 1 unspecified atom stereocenters. The van der Waals surface area contributed by atoms with Gasteiger partial charge in [-0.2, -0.15) is 0 Å². The number of hydrogen-bond acceptors (Lipinski definition) is 2. The third-order valence-electron chi connectivity index (χ3n) is 4.13. The van der Waals surface area contributed by atoms with Gasteiger partial charge in [0.1, 0.15) is 0 Å². The van der Waals surface area contributed by atoms with Gasteiger partial charge < -0.3 is 5.11 Å². The predicted octanol–water partition coefficient (Wildman–Crippen LogP) is 5.23. The van der Waals surface area contributed by atoms with Crippen molar-refractivity contribution in [1.82, 2.24) is 0 Å². The summed E-state index contributed by atoms with van der Waals surface area (Å²) in [4.78, 5) is 22.3. The van der Waals surface area contributed by atoms with Gasteiger partial charge >= 0.3 is 5.97 Å². The number of ketones is 1. The van der Waals surface area contributed by atoms with E-state index in [0.29, 0.717) is 6.42 Å². The number of hydrogen-bond donors (Lipinski definition) is 1. The number of unbranched alkanes of at least 4 members (excludes halogenated alkanes) is 7. The molecule has 3 heteroatoms. The molecule has 0 spiro atoms. The zero-order chi connectivity index (χ0) is 16.9. The van der Waals surface area contributed by atoms with Crippen molar-refractivity contribution in [3.8, 4) is 0 Å². The van der Waals surface area contributed by atoms with E-state index < -0.39 is 5.97 Å². The van der Waals surface area contributed by atoms with E-state index in [9.17, 15) is 9.59 Å². The summed E-state index contributed by atoms with van der Waals surface area (Å²) in [6, 6.07) is 0. The minimum Gasteiger partial charge on any atom is -0.481 e. The van der Waals surface area contributed by atoms with Crippen molar-refractivity contribution in [3.05, 3.63) is 36.0 Å². The fraction of sp³-hybridized carbons (Fsp3) is 0.600. The molecule has 0 aromatic rings. The van der Waals surface area contributed by atoms with E-state index in [1.165, 1.54) is 25.7 Å². The second-order valence-corrected chi connectivity index (χ2v) is 6.18. The van der Waals surface area contributed by atoms with Crippen molar-refractivity contribution in [2.45, 2.75) is 71.1 Å². The van der Waals surface area contributed by atoms with Gasteiger partial charge in [-0.05, 0) is 38.2 Å². The van der Waals surface area contributed by atoms with Crippen molar-refractivity contribution < 1.29 is 14.7 Å². The third kappa shape index (κ3) is 8.53. The van der Waals surface area contributed by atoms with Gasteiger partial charge in [0.2, 0.25) is 0 Å². The zero-order valence-electron chi connectivity index (χ0n) is 14.3. The summed E-state index contributed by atoms with van der Waals surface area (Å²) in [7, 11) is 0. The van der Waals surface area contributed by atoms with Gasteiger partial charge in [-0.3, -0.25) is 9.59 Å². The maximum absolute atomic E-state index is 11.9. The first-order valence-electron chi connectivity index (χ1n) is 8.96. The normalized spacial score (nSPS) is 19.3. The second kappa shape index (κ2) is 11.9. The van der Waals surface area contributed by atoms with Crippen LogP contribution in [0.3, 0.4) is 0 Å². The molecule has 0 bridgehead atoms. The first-order valence-corrected chi connectivity index (χ1v) is 8.96. The number of allylic oxidation sites excluding steroid dienone is 6. The summed E-state index contributed by atoms with van der Waals surface area (Å²) in [6.07, 6.45) is 19.8. The van der Waals surface area contributed by atoms with Gasteiger partial charge in [-0.25, -0.2) is 0 Å². The van der Waals surface area contributed by atoms with Crippen LogP contribution >= 0.6 is 0 Å². The van der Waals surface area contributed by atoms with Gasteiger partial charge in [-0.15, -0.1) is 0 Å². The molecule has 0 amide bonds. The first-order chi connectivity index (χ1) is 11.1. The van der Waals surface area contributed by atoms with Gasteiger partial charge in [0, 0.05) is 17.9 Å². The lowest BCUT2D eigenvalue weighted by Crippen LogP contribution is -2.00. The molecule has 0 saturated carbocycles. The third-order valence-corrected chi connectivity index (χ3v) is 4.13. The van der Waals surface area contributed by atoms with Crippen molar-refractivity contribution in [1.29, 1.82) is 0 Å². The van der Waals surface area contributed by atoms with E-state index in [0.717, 1.165) is 31.3 Å². The Bertz CT molecular complexity index is 458. The summed E-state index contributed by atoms with van der Waals surface area (Å²) in [5.41, 5.74) is 0.882. The van der Waals surface area contributed by atoms with Crippen LogP contribution in [-0.2, 0) is 9.59 Å². The highest BCUT2D eigenvalue weighted by molar-refractivity contribution is 6.07. The highest BCUT2D eigenvalue weighted by atomic mass is 16.4. The Morgan fingerprint density at radius 3 is 2.61 bits per heavy atom. The lowest BCUT2D eigenvalue weighted by molar-refractivity contribution is -0.137. The van der Waals surface area contributed by atoms with E-state index in [1.807, 2.05) is 12.2 Å². The molecule has 1 aliphatic rings. The molecule has 0 fully saturated rings. The fourth-order valence-corrected chi connectivity index (χ4v) is 2.75. The summed E-state index contributed by atoms with van der Waals surface area (Å²) in [6.45, 7) is 2.21. The Morgan fingerprint density at radius 2 is 1.87 bits per heavy atom. The smallest absolute Gasteiger partial charge is 0.303 e. The molecule has 1 N–H and O–H groups in total. The molecule has 3 nitrogen and oxygen atoms in total. The molecular formula is C20H30O3. The van der Waals surface area contributed by atoms with Crippen LogP contribution in [0.25, 0.3) is 0 Å². The van der Waals surface area contributed by atoms with E-state index in [1.54, 1.807) is 6.08 Å². The molecule has 0 aliphatic heterocycles. The largest absolute Gasteiger partial charge is 0.481 e. The zero-order valence-corrected chi connectivity index (χ0v) is 14.3. The Morgan fingerprint density at radius 1 is 1.13 bits per heavy atom. The minimum absolute atomic E-state index is 0.121. The monoisotopic (exact) mass is 318 g/mol. The van der Waals surface area contributed by atoms with Crippen LogP contribution in [0, 0.1) is 5.92 Å². The Balaban J connectivity index is 2.30. The van der Waals surface area contributed by atoms with E-state index in [4.69, 9.17) is 5.11 Å². The molecule has 0 aromatic carbocycles. The molecular weight excluding hydrogens is 288 g/mol. The van der Waals surface area contributed by atoms with E-state index in [-0.39, 0.29) is 18.1 Å². The molecule has 128 valence electrons.